The predicted molar refractivity (Wildman–Crippen MR) is 124 cm³/mol. The average molecular weight is 463 g/mol. The third kappa shape index (κ3) is 6.52. The van der Waals surface area contributed by atoms with Crippen molar-refractivity contribution >= 4 is 23.8 Å². The second kappa shape index (κ2) is 12.3. The topological polar surface area (TPSA) is 171 Å². The Morgan fingerprint density at radius 3 is 2.52 bits per heavy atom. The monoisotopic (exact) mass is 462 g/mol. The molecule has 0 spiro atoms. The third-order valence-corrected chi connectivity index (χ3v) is 6.21. The molecule has 1 fully saturated rings. The highest BCUT2D eigenvalue weighted by Crippen LogP contribution is 2.35. The van der Waals surface area contributed by atoms with E-state index in [9.17, 15) is 19.5 Å². The minimum absolute atomic E-state index is 0.0489. The van der Waals surface area contributed by atoms with Crippen LogP contribution in [0.15, 0.2) is 35.3 Å². The summed E-state index contributed by atoms with van der Waals surface area (Å²) in [5.74, 6) is -2.17. The molecule has 0 aliphatic carbocycles. The van der Waals surface area contributed by atoms with E-state index in [-0.39, 0.29) is 32.0 Å². The van der Waals surface area contributed by atoms with Crippen molar-refractivity contribution in [1.29, 1.82) is 0 Å². The maximum atomic E-state index is 13.8. The summed E-state index contributed by atoms with van der Waals surface area (Å²) in [5.41, 5.74) is 17.9. The average Bonchev–Trinajstić information content (AvgIpc) is 3.23. The van der Waals surface area contributed by atoms with Crippen molar-refractivity contribution in [2.75, 3.05) is 19.7 Å². The van der Waals surface area contributed by atoms with Gasteiger partial charge in [0.2, 0.25) is 0 Å². The number of hydrogen-bond acceptors (Lipinski definition) is 6. The Labute approximate surface area is 194 Å². The molecule has 1 aromatic carbocycles. The van der Waals surface area contributed by atoms with E-state index in [0.717, 1.165) is 5.56 Å². The number of esters is 1. The number of rotatable bonds is 12. The fraction of sp³-hybridized carbons (Fsp3) is 0.565. The smallest absolute Gasteiger partial charge is 0.365 e. The van der Waals surface area contributed by atoms with Gasteiger partial charge in [0.05, 0.1) is 13.2 Å². The molecule has 1 saturated heterocycles. The first-order valence-corrected chi connectivity index (χ1v) is 11.4. The van der Waals surface area contributed by atoms with E-state index in [1.165, 1.54) is 0 Å². The number of nitrogens with two attached hydrogens (primary N) is 3. The van der Waals surface area contributed by atoms with Gasteiger partial charge in [-0.25, -0.2) is 18.9 Å². The molecule has 2 rings (SSSR count). The molecule has 2 unspecified atom stereocenters. The summed E-state index contributed by atoms with van der Waals surface area (Å²) in [5, 5.41) is 9.99. The summed E-state index contributed by atoms with van der Waals surface area (Å²) in [6.45, 7) is 2.36. The quantitative estimate of drug-likeness (QED) is 0.114. The molecule has 1 heterocycles. The summed E-state index contributed by atoms with van der Waals surface area (Å²) in [6, 6.07) is 6.60. The number of carboxylic acids is 1. The molecule has 1 amide bonds. The molecule has 182 valence electrons. The number of aliphatic imine (C=N–C) groups is 1. The van der Waals surface area contributed by atoms with Crippen LogP contribution in [0, 0.1) is 0 Å². The number of carbonyl (C=O) groups is 3. The van der Waals surface area contributed by atoms with Crippen molar-refractivity contribution in [1.82, 2.24) is 0 Å². The first kappa shape index (κ1) is 26.3. The summed E-state index contributed by atoms with van der Waals surface area (Å²) >= 11 is 0. The van der Waals surface area contributed by atoms with Gasteiger partial charge in [0.1, 0.15) is 6.04 Å². The van der Waals surface area contributed by atoms with Crippen LogP contribution in [0.25, 0.3) is 0 Å². The number of carboxylic acid groups (broad SMARTS) is 1. The fourth-order valence-corrected chi connectivity index (χ4v) is 4.72. The van der Waals surface area contributed by atoms with Gasteiger partial charge in [-0.1, -0.05) is 30.3 Å². The SMILES string of the molecule is CCOC(=O)C(CCc1ccccc1)[N+]1(C(=O)[C@@H](N)CCCN=C(N)N)CCC[C@H]1C(=O)O. The highest BCUT2D eigenvalue weighted by molar-refractivity contribution is 5.85. The number of quaternary nitrogens is 1. The Balaban J connectivity index is 2.37. The summed E-state index contributed by atoms with van der Waals surface area (Å²) < 4.78 is 4.82. The minimum atomic E-state index is -1.11. The van der Waals surface area contributed by atoms with Gasteiger partial charge in [-0.05, 0) is 31.7 Å². The second-order valence-electron chi connectivity index (χ2n) is 8.34. The Morgan fingerprint density at radius 2 is 1.91 bits per heavy atom. The van der Waals surface area contributed by atoms with E-state index in [2.05, 4.69) is 4.99 Å². The van der Waals surface area contributed by atoms with Gasteiger partial charge in [0.25, 0.3) is 0 Å². The van der Waals surface area contributed by atoms with Crippen molar-refractivity contribution in [2.45, 2.75) is 63.6 Å². The Kier molecular flexibility index (Phi) is 9.80. The molecule has 1 aliphatic heterocycles. The first-order valence-electron chi connectivity index (χ1n) is 11.4. The van der Waals surface area contributed by atoms with Crippen molar-refractivity contribution in [3.8, 4) is 0 Å². The number of aliphatic carboxylic acids is 1. The van der Waals surface area contributed by atoms with Gasteiger partial charge in [-0.2, -0.15) is 0 Å². The lowest BCUT2D eigenvalue weighted by Crippen LogP contribution is -2.70. The standard InChI is InChI=1S/C23H35N5O5/c1-2-33-22(32)19(13-12-16-8-4-3-5-9-16)28(15-7-11-18(28)21(30)31)20(29)17(24)10-6-14-27-23(25)26/h3-5,8-9,17-19H,2,6-7,10-15,24H2,1H3,(H4-,25,26,27,30,31)/p+1/t17-,18-,19?,28?/m0/s1. The van der Waals surface area contributed by atoms with E-state index in [1.54, 1.807) is 6.92 Å². The van der Waals surface area contributed by atoms with E-state index in [0.29, 0.717) is 32.2 Å². The fourth-order valence-electron chi connectivity index (χ4n) is 4.72. The summed E-state index contributed by atoms with van der Waals surface area (Å²) in [4.78, 5) is 43.0. The van der Waals surface area contributed by atoms with Crippen molar-refractivity contribution < 1.29 is 28.7 Å². The van der Waals surface area contributed by atoms with E-state index < -0.39 is 40.5 Å². The normalized spacial score (nSPS) is 21.7. The first-order chi connectivity index (χ1) is 15.7. The van der Waals surface area contributed by atoms with Crippen LogP contribution in [0.4, 0.5) is 0 Å². The van der Waals surface area contributed by atoms with E-state index >= 15 is 0 Å². The molecule has 0 bridgehead atoms. The molecule has 1 aliphatic rings. The zero-order valence-electron chi connectivity index (χ0n) is 19.2. The van der Waals surface area contributed by atoms with Gasteiger partial charge in [0.15, 0.2) is 18.0 Å². The van der Waals surface area contributed by atoms with Crippen LogP contribution in [0.2, 0.25) is 0 Å². The van der Waals surface area contributed by atoms with Crippen LogP contribution in [0.1, 0.15) is 44.6 Å². The number of ether oxygens (including phenoxy) is 1. The maximum Gasteiger partial charge on any atom is 0.365 e. The molecule has 0 radical (unpaired) electrons. The highest BCUT2D eigenvalue weighted by Gasteiger charge is 2.60. The Bertz CT molecular complexity index is 843. The number of amides is 1. The Morgan fingerprint density at radius 1 is 1.21 bits per heavy atom. The summed E-state index contributed by atoms with van der Waals surface area (Å²) in [6.07, 6.45) is 2.31. The Hall–Kier alpha value is -2.98. The number of hydrogen-bond donors (Lipinski definition) is 4. The zero-order chi connectivity index (χ0) is 24.4. The van der Waals surface area contributed by atoms with Crippen LogP contribution in [-0.2, 0) is 25.5 Å². The lowest BCUT2D eigenvalue weighted by atomic mass is 9.97. The molecule has 4 atom stereocenters. The number of carbonyl (C=O) groups excluding carboxylic acids is 2. The zero-order valence-corrected chi connectivity index (χ0v) is 19.2. The minimum Gasteiger partial charge on any atom is -0.477 e. The number of guanidine groups is 1. The number of likely N-dealkylation sites (tertiary alicyclic amines) is 1. The van der Waals surface area contributed by atoms with E-state index in [1.807, 2.05) is 30.3 Å². The van der Waals surface area contributed by atoms with Gasteiger partial charge in [0, 0.05) is 25.8 Å². The number of aryl methyl sites for hydroxylation is 1. The van der Waals surface area contributed by atoms with Crippen LogP contribution in [0.3, 0.4) is 0 Å². The van der Waals surface area contributed by atoms with Gasteiger partial charge in [-0.3, -0.25) is 4.99 Å². The van der Waals surface area contributed by atoms with Gasteiger partial charge in [-0.15, -0.1) is 0 Å². The molecular weight excluding hydrogens is 426 g/mol. The molecule has 1 aromatic rings. The summed E-state index contributed by atoms with van der Waals surface area (Å²) in [7, 11) is 0. The van der Waals surface area contributed by atoms with Crippen LogP contribution < -0.4 is 17.2 Å². The molecule has 0 saturated carbocycles. The number of benzene rings is 1. The molecule has 33 heavy (non-hydrogen) atoms. The van der Waals surface area contributed by atoms with Crippen molar-refractivity contribution in [3.05, 3.63) is 35.9 Å². The molecular formula is C23H36N5O5+. The molecule has 7 N–H and O–H groups in total. The predicted octanol–water partition coefficient (Wildman–Crippen LogP) is 0.522. The number of nitrogens with zero attached hydrogens (tertiary/aromatic N) is 2. The molecule has 0 aromatic heterocycles. The lowest BCUT2D eigenvalue weighted by Gasteiger charge is -2.42. The van der Waals surface area contributed by atoms with Crippen LogP contribution in [-0.4, -0.2) is 71.2 Å². The van der Waals surface area contributed by atoms with Gasteiger partial charge < -0.3 is 27.0 Å². The lowest BCUT2D eigenvalue weighted by molar-refractivity contribution is -0.875. The van der Waals surface area contributed by atoms with Crippen molar-refractivity contribution in [2.24, 2.45) is 22.2 Å². The maximum absolute atomic E-state index is 13.8. The van der Waals surface area contributed by atoms with Crippen LogP contribution in [0.5, 0.6) is 0 Å². The second-order valence-corrected chi connectivity index (χ2v) is 8.34. The van der Waals surface area contributed by atoms with Crippen molar-refractivity contribution in [3.63, 3.8) is 0 Å². The largest absolute Gasteiger partial charge is 0.477 e. The molecule has 10 nitrogen and oxygen atoms in total. The highest BCUT2D eigenvalue weighted by atomic mass is 16.5. The van der Waals surface area contributed by atoms with E-state index in [4.69, 9.17) is 21.9 Å². The van der Waals surface area contributed by atoms with Crippen LogP contribution >= 0.6 is 0 Å². The van der Waals surface area contributed by atoms with Gasteiger partial charge >= 0.3 is 17.8 Å². The molecule has 10 heteroatoms. The third-order valence-electron chi connectivity index (χ3n) is 6.21.